The largest absolute Gasteiger partial charge is 0.240 e. The first kappa shape index (κ1) is 15.0. The monoisotopic (exact) mass is 345 g/mol. The summed E-state index contributed by atoms with van der Waals surface area (Å²) in [6, 6.07) is 7.10. The van der Waals surface area contributed by atoms with Crippen molar-refractivity contribution in [1.29, 1.82) is 0 Å². The Balaban J connectivity index is 2.12. The predicted molar refractivity (Wildman–Crippen MR) is 81.1 cm³/mol. The van der Waals surface area contributed by atoms with Gasteiger partial charge in [0.05, 0.1) is 4.90 Å². The van der Waals surface area contributed by atoms with E-state index >= 15 is 0 Å². The van der Waals surface area contributed by atoms with Crippen LogP contribution in [0.5, 0.6) is 0 Å². The zero-order valence-corrected chi connectivity index (χ0v) is 13.6. The molecule has 1 fully saturated rings. The van der Waals surface area contributed by atoms with E-state index in [1.54, 1.807) is 12.1 Å². The smallest absolute Gasteiger partial charge is 0.211 e. The maximum absolute atomic E-state index is 12.3. The van der Waals surface area contributed by atoms with Crippen LogP contribution in [-0.4, -0.2) is 20.3 Å². The minimum atomic E-state index is -3.40. The van der Waals surface area contributed by atoms with Gasteiger partial charge < -0.3 is 0 Å². The summed E-state index contributed by atoms with van der Waals surface area (Å²) in [6.07, 6.45) is 4.57. The average Bonchev–Trinajstić information content (AvgIpc) is 2.86. The van der Waals surface area contributed by atoms with Crippen LogP contribution in [0.4, 0.5) is 0 Å². The van der Waals surface area contributed by atoms with Crippen molar-refractivity contribution in [1.82, 2.24) is 4.72 Å². The van der Waals surface area contributed by atoms with Gasteiger partial charge in [-0.3, -0.25) is 0 Å². The molecule has 0 bridgehead atoms. The van der Waals surface area contributed by atoms with E-state index in [0.717, 1.165) is 23.7 Å². The van der Waals surface area contributed by atoms with E-state index in [0.29, 0.717) is 11.4 Å². The second kappa shape index (κ2) is 5.94. The van der Waals surface area contributed by atoms with Gasteiger partial charge in [0.2, 0.25) is 10.0 Å². The summed E-state index contributed by atoms with van der Waals surface area (Å²) in [4.78, 5) is 0.387. The molecule has 0 heterocycles. The van der Waals surface area contributed by atoms with Gasteiger partial charge in [-0.25, -0.2) is 13.1 Å². The Morgan fingerprint density at radius 2 is 1.89 bits per heavy atom. The van der Waals surface area contributed by atoms with E-state index in [1.807, 2.05) is 19.1 Å². The van der Waals surface area contributed by atoms with E-state index < -0.39 is 10.0 Å². The van der Waals surface area contributed by atoms with Gasteiger partial charge in [-0.05, 0) is 36.8 Å². The highest BCUT2D eigenvalue weighted by atomic mass is 79.9. The van der Waals surface area contributed by atoms with Crippen LogP contribution < -0.4 is 4.72 Å². The van der Waals surface area contributed by atoms with Gasteiger partial charge in [-0.1, -0.05) is 47.0 Å². The summed E-state index contributed by atoms with van der Waals surface area (Å²) in [7, 11) is -3.40. The molecule has 1 aromatic carbocycles. The maximum Gasteiger partial charge on any atom is 0.240 e. The molecule has 0 radical (unpaired) electrons. The number of hydrogen-bond donors (Lipinski definition) is 1. The number of rotatable bonds is 5. The van der Waals surface area contributed by atoms with Gasteiger partial charge in [0.25, 0.3) is 0 Å². The van der Waals surface area contributed by atoms with E-state index in [-0.39, 0.29) is 5.41 Å². The molecule has 0 unspecified atom stereocenters. The number of halogens is 1. The van der Waals surface area contributed by atoms with Crippen LogP contribution >= 0.6 is 15.9 Å². The molecule has 1 aliphatic rings. The Bertz CT molecular complexity index is 536. The summed E-state index contributed by atoms with van der Waals surface area (Å²) >= 11 is 3.54. The molecule has 106 valence electrons. The zero-order chi connectivity index (χ0) is 13.9. The number of nitrogens with one attached hydrogen (secondary N) is 1. The zero-order valence-electron chi connectivity index (χ0n) is 11.2. The van der Waals surface area contributed by atoms with E-state index in [9.17, 15) is 8.42 Å². The molecule has 1 aliphatic carbocycles. The fourth-order valence-electron chi connectivity index (χ4n) is 2.67. The third-order valence-corrected chi connectivity index (χ3v) is 6.72. The lowest BCUT2D eigenvalue weighted by Crippen LogP contribution is -2.37. The minimum Gasteiger partial charge on any atom is -0.211 e. The molecule has 5 heteroatoms. The Labute approximate surface area is 124 Å². The van der Waals surface area contributed by atoms with Crippen LogP contribution in [0.15, 0.2) is 29.2 Å². The first-order valence-corrected chi connectivity index (χ1v) is 9.21. The van der Waals surface area contributed by atoms with Crippen molar-refractivity contribution in [3.8, 4) is 0 Å². The Hall–Kier alpha value is -0.390. The Morgan fingerprint density at radius 3 is 2.47 bits per heavy atom. The number of sulfonamides is 1. The fraction of sp³-hybridized carbons (Fsp3) is 0.571. The summed E-state index contributed by atoms with van der Waals surface area (Å²) in [5.41, 5.74) is 0.879. The summed E-state index contributed by atoms with van der Waals surface area (Å²) in [6.45, 7) is 2.35. The number of hydrogen-bond acceptors (Lipinski definition) is 2. The predicted octanol–water partition coefficient (Wildman–Crippen LogP) is 3.23. The van der Waals surface area contributed by atoms with Crippen LogP contribution in [0.25, 0.3) is 0 Å². The molecule has 3 nitrogen and oxygen atoms in total. The highest BCUT2D eigenvalue weighted by Gasteiger charge is 2.34. The number of aryl methyl sites for hydroxylation is 1. The number of benzene rings is 1. The normalized spacial score (nSPS) is 18.6. The van der Waals surface area contributed by atoms with Gasteiger partial charge in [0.15, 0.2) is 0 Å². The summed E-state index contributed by atoms with van der Waals surface area (Å²) < 4.78 is 27.5. The molecule has 1 saturated carbocycles. The molecule has 0 aliphatic heterocycles. The topological polar surface area (TPSA) is 46.2 Å². The lowest BCUT2D eigenvalue weighted by atomic mass is 9.89. The van der Waals surface area contributed by atoms with Crippen LogP contribution in [0.2, 0.25) is 0 Å². The molecule has 1 N–H and O–H groups in total. The van der Waals surface area contributed by atoms with E-state index in [1.165, 1.54) is 12.8 Å². The third kappa shape index (κ3) is 3.38. The average molecular weight is 346 g/mol. The first-order valence-electron chi connectivity index (χ1n) is 6.60. The van der Waals surface area contributed by atoms with Gasteiger partial charge in [-0.2, -0.15) is 0 Å². The van der Waals surface area contributed by atoms with Crippen LogP contribution in [0.3, 0.4) is 0 Å². The van der Waals surface area contributed by atoms with Crippen molar-refractivity contribution < 1.29 is 8.42 Å². The Morgan fingerprint density at radius 1 is 1.26 bits per heavy atom. The van der Waals surface area contributed by atoms with Crippen molar-refractivity contribution >= 4 is 26.0 Å². The molecular formula is C14H20BrNO2S. The first-order chi connectivity index (χ1) is 8.99. The van der Waals surface area contributed by atoms with Gasteiger partial charge in [0.1, 0.15) is 0 Å². The fourth-order valence-corrected chi connectivity index (χ4v) is 4.83. The molecule has 0 saturated heterocycles. The van der Waals surface area contributed by atoms with Crippen LogP contribution in [-0.2, 0) is 10.0 Å². The second-order valence-corrected chi connectivity index (χ2v) is 7.73. The molecule has 0 spiro atoms. The van der Waals surface area contributed by atoms with Crippen molar-refractivity contribution in [2.24, 2.45) is 5.41 Å². The maximum atomic E-state index is 12.3. The molecule has 19 heavy (non-hydrogen) atoms. The highest BCUT2D eigenvalue weighted by Crippen LogP contribution is 2.39. The molecule has 0 atom stereocenters. The molecule has 0 amide bonds. The molecule has 0 aromatic heterocycles. The quantitative estimate of drug-likeness (QED) is 0.832. The standard InChI is InChI=1S/C14H20BrNO2S/c1-12-6-2-3-7-13(12)19(17,18)16-11-14(10-15)8-4-5-9-14/h2-3,6-7,16H,4-5,8-11H2,1H3. The molecular weight excluding hydrogens is 326 g/mol. The van der Waals surface area contributed by atoms with Crippen LogP contribution in [0, 0.1) is 12.3 Å². The van der Waals surface area contributed by atoms with Crippen molar-refractivity contribution in [2.75, 3.05) is 11.9 Å². The van der Waals surface area contributed by atoms with Gasteiger partial charge in [-0.15, -0.1) is 0 Å². The molecule has 1 aromatic rings. The van der Waals surface area contributed by atoms with Crippen molar-refractivity contribution in [2.45, 2.75) is 37.5 Å². The second-order valence-electron chi connectivity index (χ2n) is 5.43. The Kier molecular flexibility index (Phi) is 4.69. The SMILES string of the molecule is Cc1ccccc1S(=O)(=O)NCC1(CBr)CCCC1. The lowest BCUT2D eigenvalue weighted by Gasteiger charge is -2.26. The van der Waals surface area contributed by atoms with Gasteiger partial charge in [0, 0.05) is 11.9 Å². The molecule has 2 rings (SSSR count). The minimum absolute atomic E-state index is 0.0930. The van der Waals surface area contributed by atoms with E-state index in [4.69, 9.17) is 0 Å². The number of alkyl halides is 1. The van der Waals surface area contributed by atoms with Crippen molar-refractivity contribution in [3.05, 3.63) is 29.8 Å². The van der Waals surface area contributed by atoms with E-state index in [2.05, 4.69) is 20.7 Å². The lowest BCUT2D eigenvalue weighted by molar-refractivity contribution is 0.347. The summed E-state index contributed by atoms with van der Waals surface area (Å²) in [5.74, 6) is 0. The summed E-state index contributed by atoms with van der Waals surface area (Å²) in [5, 5.41) is 0.857. The third-order valence-electron chi connectivity index (χ3n) is 3.97. The van der Waals surface area contributed by atoms with Crippen LogP contribution in [0.1, 0.15) is 31.2 Å². The highest BCUT2D eigenvalue weighted by molar-refractivity contribution is 9.09. The van der Waals surface area contributed by atoms with Crippen molar-refractivity contribution in [3.63, 3.8) is 0 Å². The van der Waals surface area contributed by atoms with Gasteiger partial charge >= 0.3 is 0 Å².